The van der Waals surface area contributed by atoms with E-state index in [1.165, 1.54) is 11.5 Å². The molecule has 3 aromatic carbocycles. The van der Waals surface area contributed by atoms with Crippen molar-refractivity contribution in [1.29, 1.82) is 0 Å². The summed E-state index contributed by atoms with van der Waals surface area (Å²) in [5.41, 5.74) is 4.55. The lowest BCUT2D eigenvalue weighted by Gasteiger charge is -2.15. The van der Waals surface area contributed by atoms with Gasteiger partial charge in [-0.3, -0.25) is 14.8 Å². The molecule has 1 atom stereocenters. The van der Waals surface area contributed by atoms with Crippen LogP contribution in [0.3, 0.4) is 0 Å². The first-order chi connectivity index (χ1) is 21.2. The summed E-state index contributed by atoms with van der Waals surface area (Å²) in [4.78, 5) is 54.2. The number of carbonyl (C=O) groups excluding carboxylic acids is 2. The number of carboxylic acids is 2. The molecule has 11 nitrogen and oxygen atoms in total. The smallest absolute Gasteiger partial charge is 0.354 e. The van der Waals surface area contributed by atoms with Gasteiger partial charge in [-0.2, -0.15) is 0 Å². The molecule has 0 spiro atoms. The van der Waals surface area contributed by atoms with Crippen molar-refractivity contribution >= 4 is 23.8 Å². The zero-order valence-corrected chi connectivity index (χ0v) is 24.2. The number of unbranched alkanes of at least 4 members (excludes halogenated alkanes) is 1. The molecule has 44 heavy (non-hydrogen) atoms. The second-order valence-electron chi connectivity index (χ2n) is 10.3. The molecule has 0 fully saturated rings. The van der Waals surface area contributed by atoms with E-state index in [0.717, 1.165) is 18.4 Å². The third-order valence-corrected chi connectivity index (χ3v) is 7.29. The number of amides is 2. The summed E-state index contributed by atoms with van der Waals surface area (Å²) in [6, 6.07) is 22.8. The Hall–Kier alpha value is -5.29. The van der Waals surface area contributed by atoms with Gasteiger partial charge in [-0.15, -0.1) is 0 Å². The minimum Gasteiger partial charge on any atom is -0.478 e. The molecule has 0 bridgehead atoms. The molecular weight excluding hydrogens is 564 g/mol. The number of aromatic carboxylic acids is 2. The number of carbonyl (C=O) groups is 4. The summed E-state index contributed by atoms with van der Waals surface area (Å²) in [6.07, 6.45) is 2.17. The summed E-state index contributed by atoms with van der Waals surface area (Å²) in [6.45, 7) is 1.97. The van der Waals surface area contributed by atoms with Crippen LogP contribution in [0.1, 0.15) is 63.3 Å². The van der Waals surface area contributed by atoms with E-state index in [4.69, 9.17) is 0 Å². The molecule has 11 heteroatoms. The molecule has 0 saturated heterocycles. The van der Waals surface area contributed by atoms with Crippen LogP contribution in [0, 0.1) is 5.92 Å². The average molecular weight is 599 g/mol. The first kappa shape index (κ1) is 31.6. The molecule has 5 N–H and O–H groups in total. The minimum absolute atomic E-state index is 0.0357. The van der Waals surface area contributed by atoms with Crippen molar-refractivity contribution in [2.45, 2.75) is 45.7 Å². The summed E-state index contributed by atoms with van der Waals surface area (Å²) in [7, 11) is 0. The van der Waals surface area contributed by atoms with Crippen LogP contribution in [0.5, 0.6) is 0 Å². The lowest BCUT2D eigenvalue weighted by atomic mass is 9.97. The molecule has 0 aliphatic heterocycles. The van der Waals surface area contributed by atoms with E-state index in [1.54, 1.807) is 65.2 Å². The van der Waals surface area contributed by atoms with E-state index < -0.39 is 29.7 Å². The first-order valence-electron chi connectivity index (χ1n) is 14.2. The van der Waals surface area contributed by atoms with Crippen molar-refractivity contribution in [2.24, 2.45) is 5.92 Å². The molecule has 1 unspecified atom stereocenters. The highest BCUT2D eigenvalue weighted by Gasteiger charge is 2.28. The van der Waals surface area contributed by atoms with Crippen LogP contribution in [0.4, 0.5) is 0 Å². The number of rotatable bonds is 14. The molecule has 2 amide bonds. The van der Waals surface area contributed by atoms with Gasteiger partial charge in [0.05, 0.1) is 17.8 Å². The number of aryl methyl sites for hydroxylation is 1. The maximum absolute atomic E-state index is 13.1. The van der Waals surface area contributed by atoms with Gasteiger partial charge in [-0.25, -0.2) is 20.1 Å². The predicted molar refractivity (Wildman–Crippen MR) is 161 cm³/mol. The molecule has 0 radical (unpaired) electrons. The molecule has 0 aliphatic rings. The minimum atomic E-state index is -1.25. The molecule has 1 heterocycles. The average Bonchev–Trinajstić information content (AvgIpc) is 3.38. The van der Waals surface area contributed by atoms with Gasteiger partial charge in [-0.05, 0) is 41.2 Å². The predicted octanol–water partition coefficient (Wildman–Crippen LogP) is 4.32. The first-order valence-corrected chi connectivity index (χ1v) is 14.2. The van der Waals surface area contributed by atoms with Crippen molar-refractivity contribution in [3.05, 3.63) is 113 Å². The largest absolute Gasteiger partial charge is 0.478 e. The van der Waals surface area contributed by atoms with E-state index >= 15 is 0 Å². The topological polar surface area (TPSA) is 171 Å². The fourth-order valence-electron chi connectivity index (χ4n) is 5.03. The van der Waals surface area contributed by atoms with Crippen LogP contribution in [0.2, 0.25) is 0 Å². The Morgan fingerprint density at radius 1 is 0.841 bits per heavy atom. The van der Waals surface area contributed by atoms with Crippen molar-refractivity contribution in [3.8, 4) is 11.1 Å². The van der Waals surface area contributed by atoms with Gasteiger partial charge in [0.15, 0.2) is 5.69 Å². The molecule has 0 aliphatic carbocycles. The maximum Gasteiger partial charge on any atom is 0.354 e. The molecular formula is C33H34N4O7. The van der Waals surface area contributed by atoms with Crippen LogP contribution in [0.25, 0.3) is 11.1 Å². The van der Waals surface area contributed by atoms with Crippen LogP contribution in [0.15, 0.2) is 78.9 Å². The van der Waals surface area contributed by atoms with Crippen molar-refractivity contribution in [3.63, 3.8) is 0 Å². The zero-order chi connectivity index (χ0) is 31.6. The third-order valence-electron chi connectivity index (χ3n) is 7.29. The number of benzene rings is 3. The highest BCUT2D eigenvalue weighted by atomic mass is 16.5. The Labute approximate surface area is 254 Å². The number of carboxylic acid groups (broad SMARTS) is 2. The zero-order valence-electron chi connectivity index (χ0n) is 24.2. The van der Waals surface area contributed by atoms with Gasteiger partial charge in [0.2, 0.25) is 5.91 Å². The lowest BCUT2D eigenvalue weighted by Crippen LogP contribution is -2.41. The maximum atomic E-state index is 13.1. The van der Waals surface area contributed by atoms with Crippen molar-refractivity contribution in [1.82, 2.24) is 20.3 Å². The number of imidazole rings is 1. The standard InChI is InChI=1S/C33H34N4O7/c1-2-3-13-28-35-27(19-34-30(38)26(31(39)36-44)18-21-9-5-4-6-10-21)29(33(42)43)37(28)20-22-14-16-23(17-15-22)24-11-7-8-12-25(24)32(40)41/h4-12,14-17,26,44H,2-3,13,18-20H2,1H3,(H,34,38)(H,36,39)(H,40,41)(H,42,43). The van der Waals surface area contributed by atoms with E-state index in [-0.39, 0.29) is 36.5 Å². The summed E-state index contributed by atoms with van der Waals surface area (Å²) < 4.78 is 1.61. The number of nitrogens with zero attached hydrogens (tertiary/aromatic N) is 2. The fourth-order valence-corrected chi connectivity index (χ4v) is 5.03. The summed E-state index contributed by atoms with van der Waals surface area (Å²) in [5, 5.41) is 31.6. The SMILES string of the molecule is CCCCc1nc(CNC(=O)C(Cc2ccccc2)C(=O)NO)c(C(=O)O)n1Cc1ccc(-c2ccccc2C(=O)O)cc1. The number of nitrogens with one attached hydrogen (secondary N) is 2. The molecule has 228 valence electrons. The van der Waals surface area contributed by atoms with E-state index in [2.05, 4.69) is 10.3 Å². The summed E-state index contributed by atoms with van der Waals surface area (Å²) in [5.74, 6) is -4.51. The van der Waals surface area contributed by atoms with Gasteiger partial charge < -0.3 is 20.1 Å². The van der Waals surface area contributed by atoms with Gasteiger partial charge in [0.25, 0.3) is 5.91 Å². The van der Waals surface area contributed by atoms with E-state index in [0.29, 0.717) is 28.9 Å². The second-order valence-corrected chi connectivity index (χ2v) is 10.3. The van der Waals surface area contributed by atoms with Gasteiger partial charge >= 0.3 is 11.9 Å². The van der Waals surface area contributed by atoms with Crippen molar-refractivity contribution in [2.75, 3.05) is 0 Å². The Morgan fingerprint density at radius 3 is 2.16 bits per heavy atom. The van der Waals surface area contributed by atoms with Gasteiger partial charge in [0, 0.05) is 13.0 Å². The quantitative estimate of drug-likeness (QED) is 0.0812. The Kier molecular flexibility index (Phi) is 10.6. The van der Waals surface area contributed by atoms with Crippen molar-refractivity contribution < 1.29 is 34.6 Å². The fraction of sp³-hybridized carbons (Fsp3) is 0.242. The Morgan fingerprint density at radius 2 is 1.52 bits per heavy atom. The van der Waals surface area contributed by atoms with Gasteiger partial charge in [0.1, 0.15) is 11.7 Å². The van der Waals surface area contributed by atoms with Crippen LogP contribution >= 0.6 is 0 Å². The highest BCUT2D eigenvalue weighted by Crippen LogP contribution is 2.25. The third kappa shape index (κ3) is 7.56. The van der Waals surface area contributed by atoms with Crippen LogP contribution in [-0.4, -0.2) is 48.7 Å². The number of hydrogen-bond donors (Lipinski definition) is 5. The Balaban J connectivity index is 1.59. The molecule has 4 aromatic rings. The van der Waals surface area contributed by atoms with Crippen LogP contribution < -0.4 is 10.8 Å². The molecule has 4 rings (SSSR count). The van der Waals surface area contributed by atoms with E-state index in [1.807, 2.05) is 19.1 Å². The Bertz CT molecular complexity index is 1630. The monoisotopic (exact) mass is 598 g/mol. The lowest BCUT2D eigenvalue weighted by molar-refractivity contribution is -0.140. The normalized spacial score (nSPS) is 11.5. The number of hydroxylamine groups is 1. The van der Waals surface area contributed by atoms with Gasteiger partial charge in [-0.1, -0.05) is 86.1 Å². The second kappa shape index (κ2) is 14.7. The van der Waals surface area contributed by atoms with Crippen LogP contribution in [-0.2, 0) is 35.5 Å². The molecule has 1 aromatic heterocycles. The number of hydrogen-bond acceptors (Lipinski definition) is 6. The summed E-state index contributed by atoms with van der Waals surface area (Å²) >= 11 is 0. The van der Waals surface area contributed by atoms with E-state index in [9.17, 15) is 34.6 Å². The number of aromatic nitrogens is 2. The molecule has 0 saturated carbocycles. The highest BCUT2D eigenvalue weighted by molar-refractivity contribution is 6.00.